The van der Waals surface area contributed by atoms with E-state index < -0.39 is 0 Å². The van der Waals surface area contributed by atoms with Gasteiger partial charge < -0.3 is 19.7 Å². The second kappa shape index (κ2) is 3.25. The summed E-state index contributed by atoms with van der Waals surface area (Å²) in [6, 6.07) is 0. The Balaban J connectivity index is 2.05. The molecule has 2 aliphatic rings. The van der Waals surface area contributed by atoms with Crippen LogP contribution in [0.3, 0.4) is 0 Å². The Morgan fingerprint density at radius 2 is 1.58 bits per heavy atom. The third kappa shape index (κ3) is 1.13. The summed E-state index contributed by atoms with van der Waals surface area (Å²) in [7, 11) is 0. The zero-order valence-corrected chi connectivity index (χ0v) is 6.59. The molecule has 6 nitrogen and oxygen atoms in total. The smallest absolute Gasteiger partial charge is 0.156 e. The van der Waals surface area contributed by atoms with E-state index in [1.165, 1.54) is 0 Å². The first-order valence-corrected chi connectivity index (χ1v) is 3.80. The fourth-order valence-electron chi connectivity index (χ4n) is 1.56. The van der Waals surface area contributed by atoms with E-state index in [-0.39, 0.29) is 32.7 Å². The van der Waals surface area contributed by atoms with Crippen molar-refractivity contribution in [2.45, 2.75) is 12.5 Å². The molecule has 2 saturated heterocycles. The normalized spacial score (nSPS) is 37.5. The van der Waals surface area contributed by atoms with Crippen molar-refractivity contribution < 1.29 is 19.7 Å². The topological polar surface area (TPSA) is 65.4 Å². The van der Waals surface area contributed by atoms with Gasteiger partial charge in [0.2, 0.25) is 0 Å². The SMILES string of the molecule is OCN1CN(CO)C2OCOC21. The summed E-state index contributed by atoms with van der Waals surface area (Å²) < 4.78 is 10.4. The van der Waals surface area contributed by atoms with E-state index in [1.807, 2.05) is 0 Å². The number of hydrogen-bond acceptors (Lipinski definition) is 6. The van der Waals surface area contributed by atoms with Gasteiger partial charge in [-0.2, -0.15) is 0 Å². The molecule has 0 saturated carbocycles. The van der Waals surface area contributed by atoms with Crippen LogP contribution in [0, 0.1) is 0 Å². The number of rotatable bonds is 2. The van der Waals surface area contributed by atoms with Crippen LogP contribution >= 0.6 is 0 Å². The average molecular weight is 176 g/mol. The molecule has 2 aliphatic heterocycles. The molecule has 2 rings (SSSR count). The van der Waals surface area contributed by atoms with Crippen molar-refractivity contribution in [3.63, 3.8) is 0 Å². The van der Waals surface area contributed by atoms with Gasteiger partial charge in [0.25, 0.3) is 0 Å². The first kappa shape index (κ1) is 8.36. The van der Waals surface area contributed by atoms with Crippen LogP contribution < -0.4 is 0 Å². The van der Waals surface area contributed by atoms with E-state index >= 15 is 0 Å². The molecule has 70 valence electrons. The largest absolute Gasteiger partial charge is 0.381 e. The third-order valence-electron chi connectivity index (χ3n) is 2.17. The number of fused-ring (bicyclic) bond motifs is 1. The monoisotopic (exact) mass is 176 g/mol. The molecule has 0 aromatic heterocycles. The van der Waals surface area contributed by atoms with Crippen LogP contribution in [0.1, 0.15) is 0 Å². The molecule has 2 unspecified atom stereocenters. The fraction of sp³-hybridized carbons (Fsp3) is 1.00. The van der Waals surface area contributed by atoms with E-state index in [0.29, 0.717) is 6.67 Å². The second-order valence-electron chi connectivity index (χ2n) is 2.83. The van der Waals surface area contributed by atoms with E-state index in [0.717, 1.165) is 0 Å². The molecule has 0 aromatic carbocycles. The van der Waals surface area contributed by atoms with Crippen LogP contribution in [-0.2, 0) is 9.47 Å². The number of nitrogens with zero attached hydrogens (tertiary/aromatic N) is 2. The van der Waals surface area contributed by atoms with Gasteiger partial charge in [-0.3, -0.25) is 0 Å². The lowest BCUT2D eigenvalue weighted by Crippen LogP contribution is -2.35. The lowest BCUT2D eigenvalue weighted by molar-refractivity contribution is -0.0743. The summed E-state index contributed by atoms with van der Waals surface area (Å²) in [6.45, 7) is 0.534. The minimum Gasteiger partial charge on any atom is -0.381 e. The van der Waals surface area contributed by atoms with Crippen molar-refractivity contribution in [1.29, 1.82) is 0 Å². The lowest BCUT2D eigenvalue weighted by atomic mass is 10.5. The minimum absolute atomic E-state index is 0.0823. The van der Waals surface area contributed by atoms with Crippen LogP contribution in [0.5, 0.6) is 0 Å². The van der Waals surface area contributed by atoms with Gasteiger partial charge in [0.1, 0.15) is 0 Å². The first-order valence-electron chi connectivity index (χ1n) is 3.80. The minimum atomic E-state index is -0.234. The van der Waals surface area contributed by atoms with E-state index in [1.54, 1.807) is 9.80 Å². The summed E-state index contributed by atoms with van der Waals surface area (Å²) in [5.74, 6) is 0. The van der Waals surface area contributed by atoms with Gasteiger partial charge in [-0.15, -0.1) is 0 Å². The predicted molar refractivity (Wildman–Crippen MR) is 37.3 cm³/mol. The van der Waals surface area contributed by atoms with Gasteiger partial charge >= 0.3 is 0 Å². The van der Waals surface area contributed by atoms with Crippen molar-refractivity contribution in [2.24, 2.45) is 0 Å². The Bertz CT molecular complexity index is 152. The van der Waals surface area contributed by atoms with Gasteiger partial charge in [-0.1, -0.05) is 0 Å². The Morgan fingerprint density at radius 3 is 2.00 bits per heavy atom. The average Bonchev–Trinajstić information content (AvgIpc) is 2.63. The molecule has 2 atom stereocenters. The Kier molecular flexibility index (Phi) is 2.26. The third-order valence-corrected chi connectivity index (χ3v) is 2.17. The van der Waals surface area contributed by atoms with Crippen molar-refractivity contribution in [3.8, 4) is 0 Å². The predicted octanol–water partition coefficient (Wildman–Crippen LogP) is -1.88. The highest BCUT2D eigenvalue weighted by Gasteiger charge is 2.44. The second-order valence-corrected chi connectivity index (χ2v) is 2.83. The van der Waals surface area contributed by atoms with Gasteiger partial charge in [-0.05, 0) is 0 Å². The highest BCUT2D eigenvalue weighted by Crippen LogP contribution is 2.26. The van der Waals surface area contributed by atoms with E-state index in [2.05, 4.69) is 0 Å². The van der Waals surface area contributed by atoms with Gasteiger partial charge in [0.05, 0.1) is 20.1 Å². The first-order chi connectivity index (χ1) is 5.86. The molecular weight excluding hydrogens is 164 g/mol. The van der Waals surface area contributed by atoms with E-state index in [4.69, 9.17) is 19.7 Å². The molecule has 2 N–H and O–H groups in total. The number of aliphatic hydroxyl groups excluding tert-OH is 2. The summed E-state index contributed by atoms with van der Waals surface area (Å²) in [4.78, 5) is 3.38. The van der Waals surface area contributed by atoms with Crippen LogP contribution in [-0.4, -0.2) is 59.4 Å². The summed E-state index contributed by atoms with van der Waals surface area (Å²) in [5.41, 5.74) is 0. The molecule has 0 spiro atoms. The number of aliphatic hydroxyl groups is 2. The maximum Gasteiger partial charge on any atom is 0.156 e. The lowest BCUT2D eigenvalue weighted by Gasteiger charge is -2.16. The molecule has 0 radical (unpaired) electrons. The summed E-state index contributed by atoms with van der Waals surface area (Å²) in [6.07, 6.45) is -0.468. The maximum absolute atomic E-state index is 8.91. The standard InChI is InChI=1S/C6H12N2O4/c9-2-7-1-8(3-10)6-5(7)11-4-12-6/h5-6,9-10H,1-4H2. The van der Waals surface area contributed by atoms with Gasteiger partial charge in [0, 0.05) is 0 Å². The van der Waals surface area contributed by atoms with Crippen molar-refractivity contribution >= 4 is 0 Å². The fourth-order valence-corrected chi connectivity index (χ4v) is 1.56. The van der Waals surface area contributed by atoms with Crippen LogP contribution in [0.2, 0.25) is 0 Å². The van der Waals surface area contributed by atoms with Crippen LogP contribution in [0.4, 0.5) is 0 Å². The molecular formula is C6H12N2O4. The van der Waals surface area contributed by atoms with Crippen LogP contribution in [0.25, 0.3) is 0 Å². The highest BCUT2D eigenvalue weighted by atomic mass is 16.7. The Hall–Kier alpha value is -0.240. The highest BCUT2D eigenvalue weighted by molar-refractivity contribution is 4.80. The zero-order chi connectivity index (χ0) is 8.55. The molecule has 0 bridgehead atoms. The zero-order valence-electron chi connectivity index (χ0n) is 6.59. The Labute approximate surface area is 69.9 Å². The molecule has 0 aliphatic carbocycles. The maximum atomic E-state index is 8.91. The van der Waals surface area contributed by atoms with Crippen molar-refractivity contribution in [3.05, 3.63) is 0 Å². The van der Waals surface area contributed by atoms with Crippen LogP contribution in [0.15, 0.2) is 0 Å². The van der Waals surface area contributed by atoms with E-state index in [9.17, 15) is 0 Å². The molecule has 2 heterocycles. The summed E-state index contributed by atoms with van der Waals surface area (Å²) >= 11 is 0. The Morgan fingerprint density at radius 1 is 1.08 bits per heavy atom. The number of hydrogen-bond donors (Lipinski definition) is 2. The molecule has 0 aromatic rings. The van der Waals surface area contributed by atoms with Crippen molar-refractivity contribution in [1.82, 2.24) is 9.80 Å². The van der Waals surface area contributed by atoms with Gasteiger partial charge in [0.15, 0.2) is 19.2 Å². The number of ether oxygens (including phenoxy) is 2. The van der Waals surface area contributed by atoms with Gasteiger partial charge in [-0.25, -0.2) is 9.80 Å². The molecule has 12 heavy (non-hydrogen) atoms. The quantitative estimate of drug-likeness (QED) is 0.513. The summed E-state index contributed by atoms with van der Waals surface area (Å²) in [5, 5.41) is 17.8. The van der Waals surface area contributed by atoms with Crippen molar-refractivity contribution in [2.75, 3.05) is 26.9 Å². The molecule has 0 amide bonds. The molecule has 2 fully saturated rings. The molecule has 6 heteroatoms.